The van der Waals surface area contributed by atoms with Crippen molar-refractivity contribution in [3.05, 3.63) is 29.8 Å². The molecule has 15 heavy (non-hydrogen) atoms. The van der Waals surface area contributed by atoms with E-state index in [9.17, 15) is 0 Å². The van der Waals surface area contributed by atoms with Crippen LogP contribution < -0.4 is 10.1 Å². The molecule has 2 rings (SSSR count). The number of methoxy groups -OCH3 is 1. The summed E-state index contributed by atoms with van der Waals surface area (Å²) >= 11 is 0. The molecular weight excluding hydrogens is 186 g/mol. The zero-order valence-corrected chi connectivity index (χ0v) is 9.41. The first-order valence-electron chi connectivity index (χ1n) is 5.83. The summed E-state index contributed by atoms with van der Waals surface area (Å²) in [5, 5.41) is 2.44. The number of rotatable bonds is 3. The predicted octanol–water partition coefficient (Wildman–Crippen LogP) is 1.21. The molecule has 0 amide bonds. The minimum absolute atomic E-state index is 0.868. The maximum Gasteiger partial charge on any atom is 0.118 e. The van der Waals surface area contributed by atoms with Gasteiger partial charge in [-0.25, -0.2) is 0 Å². The Bertz CT molecular complexity index is 288. The molecule has 1 atom stereocenters. The third-order valence-corrected chi connectivity index (χ3v) is 3.20. The third-order valence-electron chi connectivity index (χ3n) is 3.20. The Morgan fingerprint density at radius 3 is 2.73 bits per heavy atom. The predicted molar refractivity (Wildman–Crippen MR) is 61.1 cm³/mol. The number of hydrogen-bond acceptors (Lipinski definition) is 1. The van der Waals surface area contributed by atoms with Gasteiger partial charge >= 0.3 is 0 Å². The second kappa shape index (κ2) is 5.17. The van der Waals surface area contributed by atoms with E-state index in [0.717, 1.165) is 11.7 Å². The Balaban J connectivity index is 1.91. The first-order chi connectivity index (χ1) is 7.38. The summed E-state index contributed by atoms with van der Waals surface area (Å²) in [6.45, 7) is 2.62. The molecule has 1 saturated heterocycles. The van der Waals surface area contributed by atoms with Crippen LogP contribution in [0.25, 0.3) is 0 Å². The van der Waals surface area contributed by atoms with Gasteiger partial charge in [0.25, 0.3) is 0 Å². The molecule has 1 aromatic rings. The van der Waals surface area contributed by atoms with Gasteiger partial charge in [-0.3, -0.25) is 0 Å². The van der Waals surface area contributed by atoms with Crippen LogP contribution >= 0.6 is 0 Å². The highest BCUT2D eigenvalue weighted by Gasteiger charge is 2.15. The van der Waals surface area contributed by atoms with Gasteiger partial charge in [0, 0.05) is 5.92 Å². The van der Waals surface area contributed by atoms with Crippen molar-refractivity contribution >= 4 is 0 Å². The van der Waals surface area contributed by atoms with Crippen LogP contribution in [0.5, 0.6) is 5.75 Å². The molecule has 2 heteroatoms. The molecule has 0 spiro atoms. The summed E-state index contributed by atoms with van der Waals surface area (Å²) in [7, 11) is 1.71. The van der Waals surface area contributed by atoms with Gasteiger partial charge in [-0.05, 0) is 37.0 Å². The SMILES string of the molecule is COc1ccc(C[C@H]2CCC[NH2+]C2)cc1. The topological polar surface area (TPSA) is 25.8 Å². The van der Waals surface area contributed by atoms with Crippen LogP contribution in [0.4, 0.5) is 0 Å². The van der Waals surface area contributed by atoms with Crippen LogP contribution in [-0.4, -0.2) is 20.2 Å². The fraction of sp³-hybridized carbons (Fsp3) is 0.538. The van der Waals surface area contributed by atoms with Gasteiger partial charge < -0.3 is 10.1 Å². The average Bonchev–Trinajstić information content (AvgIpc) is 2.31. The highest BCUT2D eigenvalue weighted by Crippen LogP contribution is 2.17. The standard InChI is InChI=1S/C13H19NO/c1-15-13-6-4-11(5-7-13)9-12-3-2-8-14-10-12/h4-7,12,14H,2-3,8-10H2,1H3/p+1/t12-/m1/s1. The Morgan fingerprint density at radius 2 is 2.13 bits per heavy atom. The van der Waals surface area contributed by atoms with Crippen LogP contribution in [0.15, 0.2) is 24.3 Å². The van der Waals surface area contributed by atoms with Gasteiger partial charge in [-0.1, -0.05) is 12.1 Å². The average molecular weight is 206 g/mol. The summed E-state index contributed by atoms with van der Waals surface area (Å²) < 4.78 is 5.15. The van der Waals surface area contributed by atoms with Crippen molar-refractivity contribution in [2.75, 3.05) is 20.2 Å². The monoisotopic (exact) mass is 206 g/mol. The van der Waals surface area contributed by atoms with Crippen molar-refractivity contribution < 1.29 is 10.1 Å². The van der Waals surface area contributed by atoms with Gasteiger partial charge in [0.15, 0.2) is 0 Å². The molecule has 1 heterocycles. The van der Waals surface area contributed by atoms with E-state index in [-0.39, 0.29) is 0 Å². The van der Waals surface area contributed by atoms with Gasteiger partial charge in [-0.15, -0.1) is 0 Å². The second-order valence-electron chi connectivity index (χ2n) is 4.37. The molecule has 0 unspecified atom stereocenters. The number of quaternary nitrogens is 1. The van der Waals surface area contributed by atoms with Crippen molar-refractivity contribution in [2.24, 2.45) is 5.92 Å². The zero-order valence-electron chi connectivity index (χ0n) is 9.41. The fourth-order valence-electron chi connectivity index (χ4n) is 2.30. The molecule has 0 bridgehead atoms. The molecule has 1 aliphatic rings. The van der Waals surface area contributed by atoms with Crippen molar-refractivity contribution in [1.29, 1.82) is 0 Å². The maximum absolute atomic E-state index is 5.15. The van der Waals surface area contributed by atoms with Crippen LogP contribution in [0.2, 0.25) is 0 Å². The van der Waals surface area contributed by atoms with E-state index in [1.165, 1.54) is 37.9 Å². The summed E-state index contributed by atoms with van der Waals surface area (Å²) in [5.41, 5.74) is 1.44. The Hall–Kier alpha value is -1.02. The molecule has 82 valence electrons. The summed E-state index contributed by atoms with van der Waals surface area (Å²) in [6, 6.07) is 8.49. The van der Waals surface area contributed by atoms with Gasteiger partial charge in [0.1, 0.15) is 5.75 Å². The number of benzene rings is 1. The smallest absolute Gasteiger partial charge is 0.118 e. The maximum atomic E-state index is 5.15. The molecule has 1 aliphatic heterocycles. The van der Waals surface area contributed by atoms with Crippen LogP contribution in [0.3, 0.4) is 0 Å². The quantitative estimate of drug-likeness (QED) is 0.790. The summed E-state index contributed by atoms with van der Waals surface area (Å²) in [4.78, 5) is 0. The molecule has 0 radical (unpaired) electrons. The largest absolute Gasteiger partial charge is 0.497 e. The normalized spacial score (nSPS) is 21.3. The van der Waals surface area contributed by atoms with Gasteiger partial charge in [0.2, 0.25) is 0 Å². The van der Waals surface area contributed by atoms with Crippen LogP contribution in [0, 0.1) is 5.92 Å². The molecule has 0 aliphatic carbocycles. The van der Waals surface area contributed by atoms with E-state index in [2.05, 4.69) is 29.6 Å². The number of piperidine rings is 1. The molecular formula is C13H20NO+. The second-order valence-corrected chi connectivity index (χ2v) is 4.37. The lowest BCUT2D eigenvalue weighted by molar-refractivity contribution is -0.668. The highest BCUT2D eigenvalue weighted by molar-refractivity contribution is 5.27. The molecule has 0 aromatic heterocycles. The van der Waals surface area contributed by atoms with E-state index < -0.39 is 0 Å². The van der Waals surface area contributed by atoms with Crippen molar-refractivity contribution in [2.45, 2.75) is 19.3 Å². The van der Waals surface area contributed by atoms with E-state index in [0.29, 0.717) is 0 Å². The fourth-order valence-corrected chi connectivity index (χ4v) is 2.30. The molecule has 1 fully saturated rings. The molecule has 1 aromatic carbocycles. The minimum atomic E-state index is 0.868. The highest BCUT2D eigenvalue weighted by atomic mass is 16.5. The number of ether oxygens (including phenoxy) is 1. The molecule has 2 N–H and O–H groups in total. The van der Waals surface area contributed by atoms with Crippen LogP contribution in [0.1, 0.15) is 18.4 Å². The summed E-state index contributed by atoms with van der Waals surface area (Å²) in [6.07, 6.45) is 3.99. The summed E-state index contributed by atoms with van der Waals surface area (Å²) in [5.74, 6) is 1.82. The lowest BCUT2D eigenvalue weighted by Crippen LogP contribution is -2.87. The van der Waals surface area contributed by atoms with E-state index in [1.54, 1.807) is 7.11 Å². The minimum Gasteiger partial charge on any atom is -0.497 e. The number of nitrogens with two attached hydrogens (primary N) is 1. The van der Waals surface area contributed by atoms with Crippen LogP contribution in [-0.2, 0) is 6.42 Å². The zero-order chi connectivity index (χ0) is 10.5. The number of hydrogen-bond donors (Lipinski definition) is 1. The lowest BCUT2D eigenvalue weighted by atomic mass is 9.92. The van der Waals surface area contributed by atoms with Crippen molar-refractivity contribution in [3.63, 3.8) is 0 Å². The van der Waals surface area contributed by atoms with Gasteiger partial charge in [0.05, 0.1) is 20.2 Å². The van der Waals surface area contributed by atoms with Gasteiger partial charge in [-0.2, -0.15) is 0 Å². The van der Waals surface area contributed by atoms with Crippen molar-refractivity contribution in [3.8, 4) is 5.75 Å². The van der Waals surface area contributed by atoms with Crippen molar-refractivity contribution in [1.82, 2.24) is 0 Å². The van der Waals surface area contributed by atoms with E-state index >= 15 is 0 Å². The van der Waals surface area contributed by atoms with E-state index in [1.807, 2.05) is 0 Å². The Kier molecular flexibility index (Phi) is 3.62. The Labute approximate surface area is 91.6 Å². The first kappa shape index (κ1) is 10.5. The Morgan fingerprint density at radius 1 is 1.33 bits per heavy atom. The van der Waals surface area contributed by atoms with E-state index in [4.69, 9.17) is 4.74 Å². The lowest BCUT2D eigenvalue weighted by Gasteiger charge is -2.19. The first-order valence-corrected chi connectivity index (χ1v) is 5.83. The molecule has 2 nitrogen and oxygen atoms in total. The molecule has 0 saturated carbocycles. The third kappa shape index (κ3) is 2.96.